The maximum absolute atomic E-state index is 13.3. The molecular weight excluding hydrogens is 183 g/mol. The van der Waals surface area contributed by atoms with E-state index in [2.05, 4.69) is 0 Å². The van der Waals surface area contributed by atoms with E-state index in [1.165, 1.54) is 12.1 Å². The molecule has 0 aliphatic carbocycles. The van der Waals surface area contributed by atoms with Crippen LogP contribution in [0.2, 0.25) is 0 Å². The number of ether oxygens (including phenoxy) is 1. The molecule has 0 aliphatic heterocycles. The van der Waals surface area contributed by atoms with Crippen molar-refractivity contribution in [3.63, 3.8) is 0 Å². The van der Waals surface area contributed by atoms with E-state index in [-0.39, 0.29) is 11.6 Å². The van der Waals surface area contributed by atoms with Crippen LogP contribution in [0.3, 0.4) is 0 Å². The highest BCUT2D eigenvalue weighted by molar-refractivity contribution is 5.95. The summed E-state index contributed by atoms with van der Waals surface area (Å²) in [6.07, 6.45) is 0.827. The Bertz CT molecular complexity index is 339. The second kappa shape index (κ2) is 4.60. The zero-order valence-corrected chi connectivity index (χ0v) is 8.01. The highest BCUT2D eigenvalue weighted by Gasteiger charge is 2.05. The Labute approximate surface area is 82.2 Å². The lowest BCUT2D eigenvalue weighted by Crippen LogP contribution is -2.11. The van der Waals surface area contributed by atoms with Gasteiger partial charge in [-0.15, -0.1) is 0 Å². The number of hydrogen-bond acceptors (Lipinski definition) is 2. The number of hydrogen-bond donors (Lipinski definition) is 2. The van der Waals surface area contributed by atoms with Crippen LogP contribution in [-0.4, -0.2) is 12.4 Å². The van der Waals surface area contributed by atoms with Crippen LogP contribution in [0.1, 0.15) is 18.9 Å². The van der Waals surface area contributed by atoms with Gasteiger partial charge in [0.1, 0.15) is 5.84 Å². The van der Waals surface area contributed by atoms with Gasteiger partial charge in [-0.3, -0.25) is 5.41 Å². The molecule has 0 aliphatic rings. The largest absolute Gasteiger partial charge is 0.491 e. The van der Waals surface area contributed by atoms with Crippen molar-refractivity contribution in [1.82, 2.24) is 0 Å². The van der Waals surface area contributed by atoms with E-state index < -0.39 is 5.82 Å². The predicted molar refractivity (Wildman–Crippen MR) is 53.2 cm³/mol. The molecule has 0 unspecified atom stereocenters. The lowest BCUT2D eigenvalue weighted by Gasteiger charge is -2.06. The fraction of sp³-hybridized carbons (Fsp3) is 0.300. The molecule has 0 saturated carbocycles. The van der Waals surface area contributed by atoms with E-state index >= 15 is 0 Å². The highest BCUT2D eigenvalue weighted by Crippen LogP contribution is 2.18. The summed E-state index contributed by atoms with van der Waals surface area (Å²) >= 11 is 0. The summed E-state index contributed by atoms with van der Waals surface area (Å²) in [4.78, 5) is 0. The van der Waals surface area contributed by atoms with Crippen LogP contribution in [0, 0.1) is 11.2 Å². The molecule has 0 aromatic heterocycles. The summed E-state index contributed by atoms with van der Waals surface area (Å²) in [6.45, 7) is 2.43. The Morgan fingerprint density at radius 3 is 2.79 bits per heavy atom. The summed E-state index contributed by atoms with van der Waals surface area (Å²) in [6, 6.07) is 4.26. The molecule has 0 radical (unpaired) electrons. The van der Waals surface area contributed by atoms with Gasteiger partial charge in [0, 0.05) is 5.56 Å². The Morgan fingerprint density at radius 1 is 1.57 bits per heavy atom. The van der Waals surface area contributed by atoms with Gasteiger partial charge >= 0.3 is 0 Å². The van der Waals surface area contributed by atoms with Gasteiger partial charge in [0.15, 0.2) is 11.6 Å². The van der Waals surface area contributed by atoms with E-state index in [1.54, 1.807) is 6.07 Å². The molecule has 0 amide bonds. The van der Waals surface area contributed by atoms with Crippen LogP contribution in [0.15, 0.2) is 18.2 Å². The Balaban J connectivity index is 2.84. The van der Waals surface area contributed by atoms with E-state index in [0.717, 1.165) is 6.42 Å². The van der Waals surface area contributed by atoms with Gasteiger partial charge < -0.3 is 10.5 Å². The minimum absolute atomic E-state index is 0.147. The van der Waals surface area contributed by atoms with Crippen LogP contribution in [0.5, 0.6) is 5.75 Å². The molecule has 76 valence electrons. The van der Waals surface area contributed by atoms with Crippen molar-refractivity contribution in [2.24, 2.45) is 5.73 Å². The van der Waals surface area contributed by atoms with Crippen molar-refractivity contribution in [3.05, 3.63) is 29.6 Å². The summed E-state index contributed by atoms with van der Waals surface area (Å²) in [5.41, 5.74) is 5.58. The first-order chi connectivity index (χ1) is 6.65. The zero-order valence-electron chi connectivity index (χ0n) is 8.01. The van der Waals surface area contributed by atoms with Gasteiger partial charge in [0.2, 0.25) is 0 Å². The number of nitrogen functional groups attached to an aromatic ring is 1. The van der Waals surface area contributed by atoms with Gasteiger partial charge in [0.05, 0.1) is 6.61 Å². The standard InChI is InChI=1S/C10H13FN2O/c1-2-5-14-9-4-3-7(10(12)13)6-8(9)11/h3-4,6H,2,5H2,1H3,(H3,12,13). The molecule has 0 bridgehead atoms. The lowest BCUT2D eigenvalue weighted by molar-refractivity contribution is 0.301. The van der Waals surface area contributed by atoms with Crippen LogP contribution < -0.4 is 10.5 Å². The van der Waals surface area contributed by atoms with Gasteiger partial charge in [-0.05, 0) is 24.6 Å². The van der Waals surface area contributed by atoms with E-state index in [4.69, 9.17) is 15.9 Å². The molecule has 1 aromatic rings. The maximum Gasteiger partial charge on any atom is 0.165 e. The molecule has 1 rings (SSSR count). The summed E-state index contributed by atoms with van der Waals surface area (Å²) in [5, 5.41) is 7.11. The third-order valence-electron chi connectivity index (χ3n) is 1.70. The third kappa shape index (κ3) is 2.45. The average Bonchev–Trinajstić information content (AvgIpc) is 2.15. The highest BCUT2D eigenvalue weighted by atomic mass is 19.1. The Hall–Kier alpha value is -1.58. The molecule has 3 nitrogen and oxygen atoms in total. The smallest absolute Gasteiger partial charge is 0.165 e. The third-order valence-corrected chi connectivity index (χ3v) is 1.70. The summed E-state index contributed by atoms with van der Waals surface area (Å²) in [7, 11) is 0. The maximum atomic E-state index is 13.3. The van der Waals surface area contributed by atoms with E-state index in [1.807, 2.05) is 6.92 Å². The molecule has 0 heterocycles. The van der Waals surface area contributed by atoms with Gasteiger partial charge in [-0.2, -0.15) is 0 Å². The summed E-state index contributed by atoms with van der Waals surface area (Å²) in [5.74, 6) is -0.422. The van der Waals surface area contributed by atoms with Gasteiger partial charge in [0.25, 0.3) is 0 Å². The molecular formula is C10H13FN2O. The van der Waals surface area contributed by atoms with Crippen LogP contribution in [-0.2, 0) is 0 Å². The van der Waals surface area contributed by atoms with Crippen LogP contribution in [0.25, 0.3) is 0 Å². The first-order valence-corrected chi connectivity index (χ1v) is 4.42. The molecule has 0 fully saturated rings. The van der Waals surface area contributed by atoms with Crippen molar-refractivity contribution in [3.8, 4) is 5.75 Å². The fourth-order valence-electron chi connectivity index (χ4n) is 0.997. The quantitative estimate of drug-likeness (QED) is 0.570. The van der Waals surface area contributed by atoms with Crippen molar-refractivity contribution in [1.29, 1.82) is 5.41 Å². The molecule has 0 saturated heterocycles. The Kier molecular flexibility index (Phi) is 3.45. The fourth-order valence-corrected chi connectivity index (χ4v) is 0.997. The molecule has 0 atom stereocenters. The zero-order chi connectivity index (χ0) is 10.6. The molecule has 3 N–H and O–H groups in total. The van der Waals surface area contributed by atoms with E-state index in [9.17, 15) is 4.39 Å². The molecule has 14 heavy (non-hydrogen) atoms. The summed E-state index contributed by atoms with van der Waals surface area (Å²) < 4.78 is 18.4. The monoisotopic (exact) mass is 196 g/mol. The first-order valence-electron chi connectivity index (χ1n) is 4.42. The Morgan fingerprint density at radius 2 is 2.29 bits per heavy atom. The SMILES string of the molecule is CCCOc1ccc(C(=N)N)cc1F. The van der Waals surface area contributed by atoms with Crippen molar-refractivity contribution in [2.75, 3.05) is 6.61 Å². The van der Waals surface area contributed by atoms with Crippen molar-refractivity contribution in [2.45, 2.75) is 13.3 Å². The van der Waals surface area contributed by atoms with Crippen molar-refractivity contribution >= 4 is 5.84 Å². The minimum atomic E-state index is -0.480. The average molecular weight is 196 g/mol. The number of nitrogens with two attached hydrogens (primary N) is 1. The van der Waals surface area contributed by atoms with E-state index in [0.29, 0.717) is 12.2 Å². The number of rotatable bonds is 4. The van der Waals surface area contributed by atoms with Gasteiger partial charge in [-0.1, -0.05) is 6.92 Å². The van der Waals surface area contributed by atoms with Crippen LogP contribution in [0.4, 0.5) is 4.39 Å². The molecule has 4 heteroatoms. The second-order valence-corrected chi connectivity index (χ2v) is 2.91. The normalized spacial score (nSPS) is 9.86. The number of halogens is 1. The first kappa shape index (κ1) is 10.5. The van der Waals surface area contributed by atoms with Crippen LogP contribution >= 0.6 is 0 Å². The number of amidine groups is 1. The topological polar surface area (TPSA) is 59.1 Å². The number of benzene rings is 1. The second-order valence-electron chi connectivity index (χ2n) is 2.91. The number of nitrogens with one attached hydrogen (secondary N) is 1. The minimum Gasteiger partial charge on any atom is -0.491 e. The lowest BCUT2D eigenvalue weighted by atomic mass is 10.2. The van der Waals surface area contributed by atoms with Gasteiger partial charge in [-0.25, -0.2) is 4.39 Å². The molecule has 0 spiro atoms. The predicted octanol–water partition coefficient (Wildman–Crippen LogP) is 1.90. The van der Waals surface area contributed by atoms with Crippen molar-refractivity contribution < 1.29 is 9.13 Å². The molecule has 1 aromatic carbocycles.